The Labute approximate surface area is 125 Å². The van der Waals surface area contributed by atoms with E-state index in [1.54, 1.807) is 54.6 Å². The van der Waals surface area contributed by atoms with Crippen LogP contribution in [0.15, 0.2) is 54.6 Å². The molecule has 0 bridgehead atoms. The summed E-state index contributed by atoms with van der Waals surface area (Å²) in [5.41, 5.74) is 1.12. The number of hydrogen-bond acceptors (Lipinski definition) is 4. The van der Waals surface area contributed by atoms with Crippen molar-refractivity contribution in [3.05, 3.63) is 65.2 Å². The zero-order chi connectivity index (χ0) is 14.4. The Kier molecular flexibility index (Phi) is 5.03. The number of nitrogens with one attached hydrogen (secondary N) is 2. The highest BCUT2D eigenvalue weighted by molar-refractivity contribution is 8.14. The Bertz CT molecular complexity index is 620. The smallest absolute Gasteiger partial charge is 0.306 e. The van der Waals surface area contributed by atoms with Gasteiger partial charge in [-0.2, -0.15) is 0 Å². The summed E-state index contributed by atoms with van der Waals surface area (Å²) in [6.07, 6.45) is 0. The lowest BCUT2D eigenvalue weighted by atomic mass is 10.2. The van der Waals surface area contributed by atoms with E-state index in [9.17, 15) is 9.59 Å². The van der Waals surface area contributed by atoms with Crippen LogP contribution in [-0.2, 0) is 0 Å². The van der Waals surface area contributed by atoms with Gasteiger partial charge in [0.2, 0.25) is 0 Å². The fourth-order valence-electron chi connectivity index (χ4n) is 1.44. The standard InChI is InChI=1S/C14H11ClN2O2S/c15-11-7-4-8-12(9-11)17-20-14(19)16-13(18)10-5-2-1-3-6-10/h1-9,17H,(H,16,18,19). The van der Waals surface area contributed by atoms with Gasteiger partial charge in [-0.15, -0.1) is 0 Å². The number of amides is 2. The highest BCUT2D eigenvalue weighted by atomic mass is 35.5. The molecule has 4 nitrogen and oxygen atoms in total. The maximum atomic E-state index is 11.7. The van der Waals surface area contributed by atoms with Gasteiger partial charge in [0.15, 0.2) is 0 Å². The first-order valence-corrected chi connectivity index (χ1v) is 6.93. The number of imide groups is 1. The molecule has 0 atom stereocenters. The Morgan fingerprint density at radius 1 is 1.00 bits per heavy atom. The van der Waals surface area contributed by atoms with Gasteiger partial charge in [0, 0.05) is 28.2 Å². The minimum Gasteiger partial charge on any atom is -0.322 e. The number of rotatable bonds is 3. The molecular weight excluding hydrogens is 296 g/mol. The number of benzene rings is 2. The van der Waals surface area contributed by atoms with Gasteiger partial charge in [0.05, 0.1) is 0 Å². The molecule has 2 N–H and O–H groups in total. The fourth-order valence-corrected chi connectivity index (χ4v) is 2.11. The lowest BCUT2D eigenvalue weighted by Gasteiger charge is -2.06. The third kappa shape index (κ3) is 4.29. The Morgan fingerprint density at radius 2 is 1.75 bits per heavy atom. The van der Waals surface area contributed by atoms with Crippen LogP contribution in [0, 0.1) is 0 Å². The Hall–Kier alpha value is -1.98. The first-order chi connectivity index (χ1) is 9.65. The molecule has 2 aromatic carbocycles. The van der Waals surface area contributed by atoms with Crippen molar-refractivity contribution >= 4 is 40.4 Å². The van der Waals surface area contributed by atoms with Crippen molar-refractivity contribution < 1.29 is 9.59 Å². The van der Waals surface area contributed by atoms with E-state index in [1.165, 1.54) is 0 Å². The zero-order valence-electron chi connectivity index (χ0n) is 10.3. The van der Waals surface area contributed by atoms with Crippen LogP contribution in [-0.4, -0.2) is 11.1 Å². The highest BCUT2D eigenvalue weighted by Gasteiger charge is 2.10. The largest absolute Gasteiger partial charge is 0.322 e. The second kappa shape index (κ2) is 6.98. The number of carbonyl (C=O) groups is 2. The first-order valence-electron chi connectivity index (χ1n) is 5.74. The predicted octanol–water partition coefficient (Wildman–Crippen LogP) is 3.95. The van der Waals surface area contributed by atoms with Crippen LogP contribution in [0.25, 0.3) is 0 Å². The Balaban J connectivity index is 1.85. The summed E-state index contributed by atoms with van der Waals surface area (Å²) in [4.78, 5) is 23.3. The van der Waals surface area contributed by atoms with E-state index in [0.717, 1.165) is 11.9 Å². The van der Waals surface area contributed by atoms with Gasteiger partial charge in [-0.1, -0.05) is 35.9 Å². The molecule has 0 saturated carbocycles. The van der Waals surface area contributed by atoms with Gasteiger partial charge < -0.3 is 4.72 Å². The predicted molar refractivity (Wildman–Crippen MR) is 82.0 cm³/mol. The van der Waals surface area contributed by atoms with Crippen molar-refractivity contribution in [3.8, 4) is 0 Å². The third-order valence-electron chi connectivity index (χ3n) is 2.34. The second-order valence-corrected chi connectivity index (χ2v) is 5.04. The van der Waals surface area contributed by atoms with E-state index in [-0.39, 0.29) is 0 Å². The average molecular weight is 307 g/mol. The maximum Gasteiger partial charge on any atom is 0.306 e. The second-order valence-electron chi connectivity index (χ2n) is 3.82. The summed E-state index contributed by atoms with van der Waals surface area (Å²) in [7, 11) is 0. The van der Waals surface area contributed by atoms with Crippen molar-refractivity contribution in [2.45, 2.75) is 0 Å². The van der Waals surface area contributed by atoms with Gasteiger partial charge in [0.25, 0.3) is 5.91 Å². The number of carbonyl (C=O) groups excluding carboxylic acids is 2. The number of anilines is 1. The van der Waals surface area contributed by atoms with Crippen LogP contribution < -0.4 is 10.0 Å². The molecule has 6 heteroatoms. The van der Waals surface area contributed by atoms with Crippen molar-refractivity contribution in [2.24, 2.45) is 0 Å². The molecule has 0 fully saturated rings. The topological polar surface area (TPSA) is 58.2 Å². The molecule has 0 aliphatic heterocycles. The van der Waals surface area contributed by atoms with E-state index in [4.69, 9.17) is 11.6 Å². The summed E-state index contributed by atoms with van der Waals surface area (Å²) >= 11 is 6.60. The van der Waals surface area contributed by atoms with Gasteiger partial charge in [0.1, 0.15) is 0 Å². The molecule has 0 aliphatic rings. The Morgan fingerprint density at radius 3 is 2.45 bits per heavy atom. The molecule has 20 heavy (non-hydrogen) atoms. The summed E-state index contributed by atoms with van der Waals surface area (Å²) in [6, 6.07) is 15.5. The van der Waals surface area contributed by atoms with Crippen molar-refractivity contribution in [1.29, 1.82) is 0 Å². The molecule has 0 aromatic heterocycles. The monoisotopic (exact) mass is 306 g/mol. The van der Waals surface area contributed by atoms with Gasteiger partial charge in [-0.05, 0) is 30.3 Å². The fraction of sp³-hybridized carbons (Fsp3) is 0. The molecule has 0 aliphatic carbocycles. The SMILES string of the molecule is O=C(NC(=O)c1ccccc1)SNc1cccc(Cl)c1. The van der Waals surface area contributed by atoms with E-state index in [1.807, 2.05) is 0 Å². The average Bonchev–Trinajstić information content (AvgIpc) is 2.46. The van der Waals surface area contributed by atoms with E-state index in [0.29, 0.717) is 16.3 Å². The zero-order valence-corrected chi connectivity index (χ0v) is 11.9. The van der Waals surface area contributed by atoms with Crippen LogP contribution in [0.4, 0.5) is 10.5 Å². The van der Waals surface area contributed by atoms with Gasteiger partial charge in [-0.3, -0.25) is 14.9 Å². The van der Waals surface area contributed by atoms with E-state index < -0.39 is 11.1 Å². The molecule has 2 amide bonds. The van der Waals surface area contributed by atoms with Crippen molar-refractivity contribution in [3.63, 3.8) is 0 Å². The summed E-state index contributed by atoms with van der Waals surface area (Å²) in [5, 5.41) is 2.35. The molecule has 0 saturated heterocycles. The van der Waals surface area contributed by atoms with Crippen LogP contribution >= 0.6 is 23.5 Å². The van der Waals surface area contributed by atoms with Crippen LogP contribution in [0.3, 0.4) is 0 Å². The summed E-state index contributed by atoms with van der Waals surface area (Å²) < 4.78 is 2.81. The minimum atomic E-state index is -0.487. The normalized spacial score (nSPS) is 9.85. The van der Waals surface area contributed by atoms with E-state index >= 15 is 0 Å². The molecule has 102 valence electrons. The summed E-state index contributed by atoms with van der Waals surface area (Å²) in [5.74, 6) is -0.434. The summed E-state index contributed by atoms with van der Waals surface area (Å²) in [6.45, 7) is 0. The number of hydrogen-bond donors (Lipinski definition) is 2. The lowest BCUT2D eigenvalue weighted by molar-refractivity contribution is 0.0969. The number of halogens is 1. The maximum absolute atomic E-state index is 11.7. The molecule has 0 unspecified atom stereocenters. The lowest BCUT2D eigenvalue weighted by Crippen LogP contribution is -2.27. The molecule has 2 rings (SSSR count). The van der Waals surface area contributed by atoms with Crippen LogP contribution in [0.1, 0.15) is 10.4 Å². The molecular formula is C14H11ClN2O2S. The third-order valence-corrected chi connectivity index (χ3v) is 3.20. The highest BCUT2D eigenvalue weighted by Crippen LogP contribution is 2.18. The van der Waals surface area contributed by atoms with Gasteiger partial charge >= 0.3 is 5.24 Å². The van der Waals surface area contributed by atoms with E-state index in [2.05, 4.69) is 10.0 Å². The van der Waals surface area contributed by atoms with Gasteiger partial charge in [-0.25, -0.2) is 0 Å². The quantitative estimate of drug-likeness (QED) is 0.843. The first kappa shape index (κ1) is 14.4. The van der Waals surface area contributed by atoms with Crippen LogP contribution in [0.2, 0.25) is 5.02 Å². The molecule has 0 heterocycles. The molecule has 2 aromatic rings. The van der Waals surface area contributed by atoms with Crippen LogP contribution in [0.5, 0.6) is 0 Å². The van der Waals surface area contributed by atoms with Crippen molar-refractivity contribution in [2.75, 3.05) is 4.72 Å². The van der Waals surface area contributed by atoms with Crippen molar-refractivity contribution in [1.82, 2.24) is 5.32 Å². The molecule has 0 radical (unpaired) electrons. The molecule has 0 spiro atoms. The minimum absolute atomic E-state index is 0.434.